The monoisotopic (exact) mass is 306 g/mol. The number of para-hydroxylation sites is 1. The number of ether oxygens (including phenoxy) is 2. The van der Waals surface area contributed by atoms with E-state index >= 15 is 0 Å². The van der Waals surface area contributed by atoms with Gasteiger partial charge < -0.3 is 9.47 Å². The van der Waals surface area contributed by atoms with Gasteiger partial charge in [0, 0.05) is 9.96 Å². The molecule has 2 aromatic rings. The topological polar surface area (TPSA) is 18.5 Å². The molecular formula is C20H34O2. The Balaban J connectivity index is -0.000000275. The first-order chi connectivity index (χ1) is 10.4. The van der Waals surface area contributed by atoms with Crippen molar-refractivity contribution in [3.05, 3.63) is 66.2 Å². The van der Waals surface area contributed by atoms with Gasteiger partial charge in [-0.2, -0.15) is 0 Å². The van der Waals surface area contributed by atoms with E-state index in [1.54, 1.807) is 14.2 Å². The Morgan fingerprint density at radius 2 is 1.18 bits per heavy atom. The smallest absolute Gasteiger partial charge is 0.118 e. The molecule has 0 atom stereocenters. The van der Waals surface area contributed by atoms with Crippen LogP contribution in [0.2, 0.25) is 0 Å². The molecule has 0 unspecified atom stereocenters. The molecule has 2 aromatic carbocycles. The van der Waals surface area contributed by atoms with Crippen LogP contribution in [0.4, 0.5) is 0 Å². The minimum absolute atomic E-state index is 0. The number of benzene rings is 2. The fourth-order valence-electron chi connectivity index (χ4n) is 1.30. The van der Waals surface area contributed by atoms with Crippen LogP contribution >= 0.6 is 0 Å². The van der Waals surface area contributed by atoms with Crippen LogP contribution in [-0.2, 0) is 11.3 Å². The van der Waals surface area contributed by atoms with Gasteiger partial charge in [0.05, 0.1) is 13.7 Å². The maximum Gasteiger partial charge on any atom is 0.118 e. The second-order valence-corrected chi connectivity index (χ2v) is 6.44. The molecule has 0 bridgehead atoms. The van der Waals surface area contributed by atoms with Crippen molar-refractivity contribution in [1.82, 2.24) is 0 Å². The van der Waals surface area contributed by atoms with Gasteiger partial charge in [0.15, 0.2) is 0 Å². The summed E-state index contributed by atoms with van der Waals surface area (Å²) in [6.45, 7) is 9.46. The van der Waals surface area contributed by atoms with Gasteiger partial charge in [0.25, 0.3) is 0 Å². The van der Waals surface area contributed by atoms with Crippen LogP contribution in [0, 0.1) is 5.41 Å². The summed E-state index contributed by atoms with van der Waals surface area (Å²) in [5.41, 5.74) is 1.72. The Morgan fingerprint density at radius 3 is 1.50 bits per heavy atom. The van der Waals surface area contributed by atoms with Crippen molar-refractivity contribution in [1.29, 1.82) is 0 Å². The van der Waals surface area contributed by atoms with Crippen LogP contribution in [0.3, 0.4) is 0 Å². The largest absolute Gasteiger partial charge is 0.497 e. The third-order valence-electron chi connectivity index (χ3n) is 2.13. The molecule has 0 saturated heterocycles. The van der Waals surface area contributed by atoms with Crippen molar-refractivity contribution in [3.8, 4) is 5.75 Å². The van der Waals surface area contributed by atoms with Crippen molar-refractivity contribution in [2.75, 3.05) is 14.2 Å². The molecule has 0 aromatic heterocycles. The molecule has 0 saturated carbocycles. The van der Waals surface area contributed by atoms with Gasteiger partial charge in [-0.3, -0.25) is 0 Å². The van der Waals surface area contributed by atoms with Gasteiger partial charge in [0.1, 0.15) is 5.75 Å². The van der Waals surface area contributed by atoms with E-state index in [1.165, 1.54) is 5.56 Å². The lowest BCUT2D eigenvalue weighted by molar-refractivity contribution is 0.185. The summed E-state index contributed by atoms with van der Waals surface area (Å²) in [6, 6.07) is 19.8. The van der Waals surface area contributed by atoms with Crippen LogP contribution < -0.4 is 4.74 Å². The second-order valence-electron chi connectivity index (χ2n) is 6.44. The first-order valence-corrected chi connectivity index (χ1v) is 7.48. The van der Waals surface area contributed by atoms with Crippen molar-refractivity contribution in [2.45, 2.75) is 34.3 Å². The molecule has 0 aliphatic carbocycles. The minimum atomic E-state index is 0. The molecule has 2 heteroatoms. The molecule has 0 fully saturated rings. The van der Waals surface area contributed by atoms with Gasteiger partial charge >= 0.3 is 0 Å². The molecule has 0 aliphatic rings. The van der Waals surface area contributed by atoms with E-state index in [9.17, 15) is 0 Å². The Hall–Kier alpha value is -1.80. The maximum atomic E-state index is 4.93. The maximum absolute atomic E-state index is 4.93. The predicted octanol–water partition coefficient (Wildman–Crippen LogP) is 6.07. The van der Waals surface area contributed by atoms with Gasteiger partial charge in [-0.15, -0.1) is 0 Å². The summed E-state index contributed by atoms with van der Waals surface area (Å²) in [6.07, 6.45) is 0. The second kappa shape index (κ2) is 11.8. The van der Waals surface area contributed by atoms with Crippen molar-refractivity contribution in [3.63, 3.8) is 0 Å². The summed E-state index contributed by atoms with van der Waals surface area (Å²) in [4.78, 5) is 0. The Morgan fingerprint density at radius 1 is 0.773 bits per heavy atom. The molecule has 0 heterocycles. The van der Waals surface area contributed by atoms with Gasteiger partial charge in [0.2, 0.25) is 0 Å². The highest BCUT2D eigenvalue weighted by atomic mass is 16.5. The fraction of sp³-hybridized carbons (Fsp3) is 0.400. The standard InChI is InChI=1S/C8H10O.C7H8O.C5H12.2H2/c1-9-7-8-5-3-2-4-6-8;1-8-7-5-3-2-4-6-7;1-5(2,3)4;;/h2-6H,7H2,1H3;2-6H,1H3;1-4H3;2*1H. The zero-order valence-electron chi connectivity index (χ0n) is 14.8. The zero-order valence-corrected chi connectivity index (χ0v) is 14.8. The Bertz CT molecular complexity index is 462. The summed E-state index contributed by atoms with van der Waals surface area (Å²) in [5, 5.41) is 0. The van der Waals surface area contributed by atoms with Gasteiger partial charge in [-0.25, -0.2) is 0 Å². The molecular weight excluding hydrogens is 272 g/mol. The molecule has 0 spiro atoms. The van der Waals surface area contributed by atoms with Crippen molar-refractivity contribution >= 4 is 0 Å². The van der Waals surface area contributed by atoms with E-state index in [-0.39, 0.29) is 2.85 Å². The van der Waals surface area contributed by atoms with E-state index < -0.39 is 0 Å². The number of hydrogen-bond acceptors (Lipinski definition) is 2. The molecule has 22 heavy (non-hydrogen) atoms. The average Bonchev–Trinajstić information content (AvgIpc) is 2.48. The summed E-state index contributed by atoms with van der Waals surface area (Å²) >= 11 is 0. The summed E-state index contributed by atoms with van der Waals surface area (Å²) in [7, 11) is 3.36. The highest BCUT2D eigenvalue weighted by Crippen LogP contribution is 2.08. The highest BCUT2D eigenvalue weighted by molar-refractivity contribution is 5.20. The third kappa shape index (κ3) is 14.6. The van der Waals surface area contributed by atoms with E-state index in [2.05, 4.69) is 27.7 Å². The Kier molecular flexibility index (Phi) is 10.8. The van der Waals surface area contributed by atoms with E-state index in [4.69, 9.17) is 9.47 Å². The van der Waals surface area contributed by atoms with Gasteiger partial charge in [-0.05, 0) is 23.1 Å². The normalized spacial score (nSPS) is 9.73. The fourth-order valence-corrected chi connectivity index (χ4v) is 1.30. The summed E-state index contributed by atoms with van der Waals surface area (Å²) in [5.74, 6) is 0.910. The van der Waals surface area contributed by atoms with E-state index in [0.29, 0.717) is 12.0 Å². The lowest BCUT2D eigenvalue weighted by Crippen LogP contribution is -1.93. The first kappa shape index (κ1) is 20.2. The van der Waals surface area contributed by atoms with Crippen LogP contribution in [0.5, 0.6) is 5.75 Å². The molecule has 126 valence electrons. The van der Waals surface area contributed by atoms with Crippen LogP contribution in [0.25, 0.3) is 0 Å². The Labute approximate surface area is 139 Å². The van der Waals surface area contributed by atoms with E-state index in [1.807, 2.05) is 60.7 Å². The first-order valence-electron chi connectivity index (χ1n) is 7.48. The zero-order chi connectivity index (χ0) is 16.8. The molecule has 0 radical (unpaired) electrons. The number of rotatable bonds is 3. The molecule has 0 amide bonds. The van der Waals surface area contributed by atoms with Crippen LogP contribution in [-0.4, -0.2) is 14.2 Å². The SMILES string of the molecule is CC(C)(C)C.COCc1ccccc1.COc1ccccc1.[HH].[HH]. The highest BCUT2D eigenvalue weighted by Gasteiger charge is 1.95. The van der Waals surface area contributed by atoms with Crippen LogP contribution in [0.15, 0.2) is 60.7 Å². The van der Waals surface area contributed by atoms with Crippen molar-refractivity contribution < 1.29 is 12.3 Å². The van der Waals surface area contributed by atoms with Gasteiger partial charge in [-0.1, -0.05) is 76.2 Å². The third-order valence-corrected chi connectivity index (χ3v) is 2.13. The average molecular weight is 306 g/mol. The molecule has 0 N–H and O–H groups in total. The molecule has 2 rings (SSSR count). The number of methoxy groups -OCH3 is 2. The molecule has 0 aliphatic heterocycles. The lowest BCUT2D eigenvalue weighted by atomic mass is 10.0. The van der Waals surface area contributed by atoms with E-state index in [0.717, 1.165) is 5.75 Å². The number of hydrogen-bond donors (Lipinski definition) is 0. The molecule has 2 nitrogen and oxygen atoms in total. The summed E-state index contributed by atoms with van der Waals surface area (Å²) < 4.78 is 9.84. The minimum Gasteiger partial charge on any atom is -0.497 e. The lowest BCUT2D eigenvalue weighted by Gasteiger charge is -2.05. The van der Waals surface area contributed by atoms with Crippen molar-refractivity contribution in [2.24, 2.45) is 5.41 Å². The predicted molar refractivity (Wildman–Crippen MR) is 99.5 cm³/mol. The van der Waals surface area contributed by atoms with Crippen LogP contribution in [0.1, 0.15) is 36.1 Å². The quantitative estimate of drug-likeness (QED) is 0.685.